The lowest BCUT2D eigenvalue weighted by Crippen LogP contribution is -2.36. The van der Waals surface area contributed by atoms with Gasteiger partial charge in [-0.05, 0) is 63.1 Å². The van der Waals surface area contributed by atoms with E-state index in [1.54, 1.807) is 0 Å². The average molecular weight is 359 g/mol. The maximum Gasteiger partial charge on any atom is 0.307 e. The lowest BCUT2D eigenvalue weighted by Gasteiger charge is -2.22. The SMILES string of the molecule is CCOc1ccc(C2(C(=O)NCCC(=O)OC3CCCCC3)CC2)cc1. The summed E-state index contributed by atoms with van der Waals surface area (Å²) in [6, 6.07) is 7.76. The molecule has 0 spiro atoms. The number of carbonyl (C=O) groups excluding carboxylic acids is 2. The third-order valence-corrected chi connectivity index (χ3v) is 5.37. The van der Waals surface area contributed by atoms with Crippen molar-refractivity contribution in [1.82, 2.24) is 5.32 Å². The summed E-state index contributed by atoms with van der Waals surface area (Å²) in [6.45, 7) is 2.91. The first-order valence-electron chi connectivity index (χ1n) is 9.85. The van der Waals surface area contributed by atoms with E-state index in [4.69, 9.17) is 9.47 Å². The predicted molar refractivity (Wildman–Crippen MR) is 99.1 cm³/mol. The maximum absolute atomic E-state index is 12.6. The fraction of sp³-hybridized carbons (Fsp3) is 0.619. The van der Waals surface area contributed by atoms with Crippen LogP contribution in [0, 0.1) is 0 Å². The Bertz CT molecular complexity index is 615. The number of benzene rings is 1. The predicted octanol–water partition coefficient (Wildman–Crippen LogP) is 3.50. The van der Waals surface area contributed by atoms with Crippen molar-refractivity contribution in [2.45, 2.75) is 69.8 Å². The molecule has 0 saturated heterocycles. The van der Waals surface area contributed by atoms with Gasteiger partial charge in [0.1, 0.15) is 11.9 Å². The van der Waals surface area contributed by atoms with E-state index in [9.17, 15) is 9.59 Å². The first-order valence-corrected chi connectivity index (χ1v) is 9.85. The monoisotopic (exact) mass is 359 g/mol. The minimum absolute atomic E-state index is 0.00660. The summed E-state index contributed by atoms with van der Waals surface area (Å²) < 4.78 is 10.9. The van der Waals surface area contributed by atoms with E-state index in [-0.39, 0.29) is 24.4 Å². The van der Waals surface area contributed by atoms with Gasteiger partial charge < -0.3 is 14.8 Å². The topological polar surface area (TPSA) is 64.6 Å². The summed E-state index contributed by atoms with van der Waals surface area (Å²) in [7, 11) is 0. The van der Waals surface area contributed by atoms with Gasteiger partial charge in [0.2, 0.25) is 5.91 Å². The molecule has 1 amide bonds. The summed E-state index contributed by atoms with van der Waals surface area (Å²) in [5.74, 6) is 0.619. The quantitative estimate of drug-likeness (QED) is 0.722. The van der Waals surface area contributed by atoms with Gasteiger partial charge in [-0.2, -0.15) is 0 Å². The van der Waals surface area contributed by atoms with Gasteiger partial charge in [0.05, 0.1) is 18.4 Å². The fourth-order valence-corrected chi connectivity index (χ4v) is 3.68. The highest BCUT2D eigenvalue weighted by Crippen LogP contribution is 2.48. The molecule has 2 fully saturated rings. The van der Waals surface area contributed by atoms with Crippen LogP contribution < -0.4 is 10.1 Å². The average Bonchev–Trinajstić information content (AvgIpc) is 3.45. The van der Waals surface area contributed by atoms with Crippen molar-refractivity contribution >= 4 is 11.9 Å². The van der Waals surface area contributed by atoms with Crippen LogP contribution in [0.15, 0.2) is 24.3 Å². The number of ether oxygens (including phenoxy) is 2. The van der Waals surface area contributed by atoms with Gasteiger partial charge >= 0.3 is 5.97 Å². The molecular formula is C21H29NO4. The van der Waals surface area contributed by atoms with Gasteiger partial charge in [0.25, 0.3) is 0 Å². The summed E-state index contributed by atoms with van der Waals surface area (Å²) in [6.07, 6.45) is 7.46. The van der Waals surface area contributed by atoms with E-state index in [2.05, 4.69) is 5.32 Å². The first-order chi connectivity index (χ1) is 12.6. The number of carbonyl (C=O) groups is 2. The molecule has 2 saturated carbocycles. The Balaban J connectivity index is 1.44. The minimum atomic E-state index is -0.433. The van der Waals surface area contributed by atoms with Crippen LogP contribution in [0.1, 0.15) is 63.9 Å². The molecule has 1 aromatic rings. The van der Waals surface area contributed by atoms with E-state index in [0.717, 1.165) is 49.8 Å². The van der Waals surface area contributed by atoms with Crippen LogP contribution in [-0.4, -0.2) is 31.1 Å². The summed E-state index contributed by atoms with van der Waals surface area (Å²) in [4.78, 5) is 24.6. The van der Waals surface area contributed by atoms with Crippen molar-refractivity contribution < 1.29 is 19.1 Å². The molecule has 0 bridgehead atoms. The molecule has 0 heterocycles. The van der Waals surface area contributed by atoms with Gasteiger partial charge in [-0.25, -0.2) is 0 Å². The number of hydrogen-bond donors (Lipinski definition) is 1. The largest absolute Gasteiger partial charge is 0.494 e. The smallest absolute Gasteiger partial charge is 0.307 e. The van der Waals surface area contributed by atoms with E-state index >= 15 is 0 Å². The molecule has 142 valence electrons. The van der Waals surface area contributed by atoms with Crippen LogP contribution in [0.5, 0.6) is 5.75 Å². The van der Waals surface area contributed by atoms with Gasteiger partial charge in [0, 0.05) is 6.54 Å². The minimum Gasteiger partial charge on any atom is -0.494 e. The lowest BCUT2D eigenvalue weighted by molar-refractivity contribution is -0.150. The normalized spacial score (nSPS) is 18.8. The van der Waals surface area contributed by atoms with Crippen molar-refractivity contribution in [3.05, 3.63) is 29.8 Å². The van der Waals surface area contributed by atoms with Crippen LogP contribution in [0.3, 0.4) is 0 Å². The zero-order chi connectivity index (χ0) is 18.4. The van der Waals surface area contributed by atoms with Crippen LogP contribution in [0.4, 0.5) is 0 Å². The third-order valence-electron chi connectivity index (χ3n) is 5.37. The zero-order valence-electron chi connectivity index (χ0n) is 15.6. The molecule has 0 aliphatic heterocycles. The molecule has 0 unspecified atom stereocenters. The molecular weight excluding hydrogens is 330 g/mol. The van der Waals surface area contributed by atoms with Gasteiger partial charge in [0.15, 0.2) is 0 Å². The molecule has 0 atom stereocenters. The second-order valence-electron chi connectivity index (χ2n) is 7.30. The Morgan fingerprint density at radius 3 is 2.42 bits per heavy atom. The molecule has 26 heavy (non-hydrogen) atoms. The molecule has 5 heteroatoms. The van der Waals surface area contributed by atoms with Crippen molar-refractivity contribution in [3.8, 4) is 5.75 Å². The highest BCUT2D eigenvalue weighted by Gasteiger charge is 2.51. The fourth-order valence-electron chi connectivity index (χ4n) is 3.68. The molecule has 0 radical (unpaired) electrons. The van der Waals surface area contributed by atoms with E-state index in [1.165, 1.54) is 6.42 Å². The lowest BCUT2D eigenvalue weighted by atomic mass is 9.95. The summed E-state index contributed by atoms with van der Waals surface area (Å²) in [5, 5.41) is 2.92. The summed E-state index contributed by atoms with van der Waals surface area (Å²) in [5.41, 5.74) is 0.584. The number of esters is 1. The molecule has 3 rings (SSSR count). The van der Waals surface area contributed by atoms with Crippen molar-refractivity contribution in [1.29, 1.82) is 0 Å². The number of hydrogen-bond acceptors (Lipinski definition) is 4. The highest BCUT2D eigenvalue weighted by atomic mass is 16.5. The van der Waals surface area contributed by atoms with E-state index in [1.807, 2.05) is 31.2 Å². The molecule has 1 N–H and O–H groups in total. The Morgan fingerprint density at radius 1 is 1.12 bits per heavy atom. The Hall–Kier alpha value is -2.04. The van der Waals surface area contributed by atoms with Crippen LogP contribution in [-0.2, 0) is 19.7 Å². The number of rotatable bonds is 8. The van der Waals surface area contributed by atoms with Gasteiger partial charge in [-0.1, -0.05) is 18.6 Å². The number of amides is 1. The highest BCUT2D eigenvalue weighted by molar-refractivity contribution is 5.91. The Kier molecular flexibility index (Phi) is 6.17. The number of nitrogens with one attached hydrogen (secondary N) is 1. The van der Waals surface area contributed by atoms with Crippen molar-refractivity contribution in [3.63, 3.8) is 0 Å². The van der Waals surface area contributed by atoms with Crippen molar-refractivity contribution in [2.75, 3.05) is 13.2 Å². The molecule has 0 aromatic heterocycles. The molecule has 1 aromatic carbocycles. The summed E-state index contributed by atoms with van der Waals surface area (Å²) >= 11 is 0. The Morgan fingerprint density at radius 2 is 1.81 bits per heavy atom. The standard InChI is InChI=1S/C21H29NO4/c1-2-25-17-10-8-16(9-11-17)21(13-14-21)20(24)22-15-12-19(23)26-18-6-4-3-5-7-18/h8-11,18H,2-7,12-15H2,1H3,(H,22,24). The Labute approximate surface area is 155 Å². The van der Waals surface area contributed by atoms with Crippen LogP contribution >= 0.6 is 0 Å². The maximum atomic E-state index is 12.6. The molecule has 2 aliphatic carbocycles. The first kappa shape index (κ1) is 18.7. The van der Waals surface area contributed by atoms with Crippen molar-refractivity contribution in [2.24, 2.45) is 0 Å². The van der Waals surface area contributed by atoms with Crippen LogP contribution in [0.25, 0.3) is 0 Å². The second kappa shape index (κ2) is 8.56. The third kappa shape index (κ3) is 4.57. The van der Waals surface area contributed by atoms with Crippen LogP contribution in [0.2, 0.25) is 0 Å². The van der Waals surface area contributed by atoms with E-state index in [0.29, 0.717) is 13.2 Å². The van der Waals surface area contributed by atoms with Gasteiger partial charge in [-0.3, -0.25) is 9.59 Å². The zero-order valence-corrected chi connectivity index (χ0v) is 15.6. The van der Waals surface area contributed by atoms with E-state index < -0.39 is 5.41 Å². The molecule has 2 aliphatic rings. The second-order valence-corrected chi connectivity index (χ2v) is 7.30. The van der Waals surface area contributed by atoms with Gasteiger partial charge in [-0.15, -0.1) is 0 Å². The molecule has 5 nitrogen and oxygen atoms in total.